The van der Waals surface area contributed by atoms with Crippen molar-refractivity contribution in [1.82, 2.24) is 10.2 Å². The Kier molecular flexibility index (Phi) is 8.78. The molecule has 1 aliphatic rings. The van der Waals surface area contributed by atoms with Gasteiger partial charge in [0, 0.05) is 24.2 Å². The van der Waals surface area contributed by atoms with Crippen LogP contribution in [-0.2, 0) is 26.2 Å². The summed E-state index contributed by atoms with van der Waals surface area (Å²) in [7, 11) is -3.89. The largest absolute Gasteiger partial charge is 0.454 e. The van der Waals surface area contributed by atoms with Crippen molar-refractivity contribution in [3.63, 3.8) is 0 Å². The number of hydrogen-bond acceptors (Lipinski definition) is 6. The summed E-state index contributed by atoms with van der Waals surface area (Å²) in [5.74, 6) is -1.02. The number of benzene rings is 2. The predicted octanol–water partition coefficient (Wildman–Crippen LogP) is 3.04. The number of anilines is 1. The minimum absolute atomic E-state index is 0.0114. The van der Waals surface area contributed by atoms with Gasteiger partial charge in [0.15, 0.2) is 11.5 Å². The lowest BCUT2D eigenvalue weighted by atomic mass is 10.1. The molecule has 3 rings (SSSR count). The van der Waals surface area contributed by atoms with Crippen LogP contribution in [0.15, 0.2) is 42.5 Å². The van der Waals surface area contributed by atoms with Gasteiger partial charge >= 0.3 is 0 Å². The van der Waals surface area contributed by atoms with Gasteiger partial charge in [0.1, 0.15) is 18.4 Å². The third-order valence-electron chi connectivity index (χ3n) is 6.09. The molecule has 0 fully saturated rings. The maximum atomic E-state index is 14.5. The number of carbonyl (C=O) groups excluding carboxylic acids is 2. The van der Waals surface area contributed by atoms with Crippen molar-refractivity contribution in [3.8, 4) is 11.5 Å². The van der Waals surface area contributed by atoms with E-state index in [1.54, 1.807) is 12.1 Å². The first-order valence-electron chi connectivity index (χ1n) is 11.8. The quantitative estimate of drug-likeness (QED) is 0.487. The summed E-state index contributed by atoms with van der Waals surface area (Å²) in [6.45, 7) is 5.98. The number of fused-ring (bicyclic) bond motifs is 1. The van der Waals surface area contributed by atoms with E-state index in [9.17, 15) is 22.4 Å². The average Bonchev–Trinajstić information content (AvgIpc) is 3.34. The van der Waals surface area contributed by atoms with E-state index in [1.165, 1.54) is 49.1 Å². The summed E-state index contributed by atoms with van der Waals surface area (Å²) in [5.41, 5.74) is 0.430. The Morgan fingerprint density at radius 3 is 2.44 bits per heavy atom. The zero-order valence-electron chi connectivity index (χ0n) is 20.9. The molecule has 9 nitrogen and oxygen atoms in total. The van der Waals surface area contributed by atoms with E-state index in [0.717, 1.165) is 4.31 Å². The number of carbonyl (C=O) groups is 2. The highest BCUT2D eigenvalue weighted by Crippen LogP contribution is 2.36. The monoisotopic (exact) mass is 521 g/mol. The SMILES string of the molecule is CC[C@H](C)NC(=O)[C@@H](C)N(Cc1ccccc1F)C(=O)CN(c1ccc2c(c1)OCO2)S(=O)(=O)CC. The summed E-state index contributed by atoms with van der Waals surface area (Å²) in [6.07, 6.45) is 0.687. The number of nitrogens with zero attached hydrogens (tertiary/aromatic N) is 2. The summed E-state index contributed by atoms with van der Waals surface area (Å²) in [5, 5.41) is 2.83. The summed E-state index contributed by atoms with van der Waals surface area (Å²) >= 11 is 0. The molecule has 0 bridgehead atoms. The Bertz CT molecular complexity index is 1210. The molecule has 0 spiro atoms. The number of nitrogens with one attached hydrogen (secondary N) is 1. The first-order chi connectivity index (χ1) is 17.1. The molecule has 2 aromatic carbocycles. The molecule has 11 heteroatoms. The summed E-state index contributed by atoms with van der Waals surface area (Å²) < 4.78 is 52.1. The zero-order valence-corrected chi connectivity index (χ0v) is 21.7. The molecule has 196 valence electrons. The van der Waals surface area contributed by atoms with Crippen molar-refractivity contribution in [3.05, 3.63) is 53.8 Å². The van der Waals surface area contributed by atoms with Crippen LogP contribution in [0.2, 0.25) is 0 Å². The van der Waals surface area contributed by atoms with Crippen LogP contribution in [0.3, 0.4) is 0 Å². The van der Waals surface area contributed by atoms with E-state index >= 15 is 0 Å². The molecular formula is C25H32FN3O6S. The van der Waals surface area contributed by atoms with E-state index in [1.807, 2.05) is 13.8 Å². The highest BCUT2D eigenvalue weighted by molar-refractivity contribution is 7.92. The second-order valence-corrected chi connectivity index (χ2v) is 10.7. The van der Waals surface area contributed by atoms with Crippen molar-refractivity contribution in [1.29, 1.82) is 0 Å². The first-order valence-corrected chi connectivity index (χ1v) is 13.4. The van der Waals surface area contributed by atoms with E-state index in [2.05, 4.69) is 5.32 Å². The van der Waals surface area contributed by atoms with Crippen molar-refractivity contribution in [2.75, 3.05) is 23.4 Å². The van der Waals surface area contributed by atoms with Crippen molar-refractivity contribution in [2.45, 2.75) is 52.7 Å². The second kappa shape index (κ2) is 11.6. The van der Waals surface area contributed by atoms with Gasteiger partial charge in [-0.1, -0.05) is 25.1 Å². The van der Waals surface area contributed by atoms with Gasteiger partial charge in [0.05, 0.1) is 11.4 Å². The number of hydrogen-bond donors (Lipinski definition) is 1. The Labute approximate surface area is 211 Å². The molecule has 2 amide bonds. The fourth-order valence-electron chi connectivity index (χ4n) is 3.62. The molecule has 1 aliphatic heterocycles. The summed E-state index contributed by atoms with van der Waals surface area (Å²) in [4.78, 5) is 27.7. The number of sulfonamides is 1. The third kappa shape index (κ3) is 6.26. The van der Waals surface area contributed by atoms with Crippen LogP contribution in [-0.4, -0.2) is 56.3 Å². The highest BCUT2D eigenvalue weighted by atomic mass is 32.2. The van der Waals surface area contributed by atoms with Gasteiger partial charge in [-0.25, -0.2) is 12.8 Å². The van der Waals surface area contributed by atoms with Crippen molar-refractivity contribution >= 4 is 27.5 Å². The van der Waals surface area contributed by atoms with Crippen molar-refractivity contribution < 1.29 is 31.9 Å². The molecule has 0 saturated heterocycles. The topological polar surface area (TPSA) is 105 Å². The smallest absolute Gasteiger partial charge is 0.244 e. The third-order valence-corrected chi connectivity index (χ3v) is 7.83. The van der Waals surface area contributed by atoms with Crippen molar-refractivity contribution in [2.24, 2.45) is 0 Å². The normalized spacial score (nSPS) is 14.1. The van der Waals surface area contributed by atoms with Crippen LogP contribution >= 0.6 is 0 Å². The van der Waals surface area contributed by atoms with E-state index in [4.69, 9.17) is 9.47 Å². The molecule has 0 aliphatic carbocycles. The maximum absolute atomic E-state index is 14.5. The number of amides is 2. The fourth-order valence-corrected chi connectivity index (χ4v) is 4.67. The molecular weight excluding hydrogens is 489 g/mol. The molecule has 1 heterocycles. The van der Waals surface area contributed by atoms with Gasteiger partial charge in [-0.3, -0.25) is 13.9 Å². The minimum Gasteiger partial charge on any atom is -0.454 e. The molecule has 0 radical (unpaired) electrons. The van der Waals surface area contributed by atoms with Gasteiger partial charge in [-0.15, -0.1) is 0 Å². The lowest BCUT2D eigenvalue weighted by Gasteiger charge is -2.32. The number of ether oxygens (including phenoxy) is 2. The lowest BCUT2D eigenvalue weighted by molar-refractivity contribution is -0.139. The van der Waals surface area contributed by atoms with Crippen LogP contribution in [0.5, 0.6) is 11.5 Å². The Hall–Kier alpha value is -3.34. The van der Waals surface area contributed by atoms with E-state index < -0.39 is 40.2 Å². The van der Waals surface area contributed by atoms with Gasteiger partial charge < -0.3 is 19.7 Å². The Morgan fingerprint density at radius 1 is 1.08 bits per heavy atom. The van der Waals surface area contributed by atoms with Crippen LogP contribution in [0.4, 0.5) is 10.1 Å². The standard InChI is InChI=1S/C25H32FN3O6S/c1-5-17(3)27-25(31)18(4)28(14-19-9-7-8-10-21(19)26)24(30)15-29(36(32,33)6-2)20-11-12-22-23(13-20)35-16-34-22/h7-13,17-18H,5-6,14-16H2,1-4H3,(H,27,31)/t17-,18+/m0/s1. The van der Waals surface area contributed by atoms with Crippen LogP contribution < -0.4 is 19.1 Å². The fraction of sp³-hybridized carbons (Fsp3) is 0.440. The van der Waals surface area contributed by atoms with Crippen LogP contribution in [0, 0.1) is 5.82 Å². The number of halogens is 1. The van der Waals surface area contributed by atoms with Gasteiger partial charge in [0.25, 0.3) is 0 Å². The summed E-state index contributed by atoms with van der Waals surface area (Å²) in [6, 6.07) is 9.42. The first kappa shape index (κ1) is 27.3. The van der Waals surface area contributed by atoms with E-state index in [-0.39, 0.29) is 36.4 Å². The molecule has 1 N–H and O–H groups in total. The van der Waals surface area contributed by atoms with Crippen LogP contribution in [0.25, 0.3) is 0 Å². The average molecular weight is 522 g/mol. The minimum atomic E-state index is -3.89. The van der Waals surface area contributed by atoms with Gasteiger partial charge in [0.2, 0.25) is 28.6 Å². The number of rotatable bonds is 11. The molecule has 2 aromatic rings. The lowest BCUT2D eigenvalue weighted by Crippen LogP contribution is -2.52. The highest BCUT2D eigenvalue weighted by Gasteiger charge is 2.32. The van der Waals surface area contributed by atoms with Gasteiger partial charge in [-0.05, 0) is 45.4 Å². The zero-order chi connectivity index (χ0) is 26.5. The Morgan fingerprint density at radius 2 is 1.78 bits per heavy atom. The second-order valence-electron chi connectivity index (χ2n) is 8.55. The molecule has 0 saturated carbocycles. The van der Waals surface area contributed by atoms with Gasteiger partial charge in [-0.2, -0.15) is 0 Å². The maximum Gasteiger partial charge on any atom is 0.244 e. The predicted molar refractivity (Wildman–Crippen MR) is 134 cm³/mol. The Balaban J connectivity index is 1.95. The van der Waals surface area contributed by atoms with Crippen LogP contribution in [0.1, 0.15) is 39.7 Å². The molecule has 36 heavy (non-hydrogen) atoms. The molecule has 0 unspecified atom stereocenters. The molecule has 0 aromatic heterocycles. The van der Waals surface area contributed by atoms with E-state index in [0.29, 0.717) is 17.9 Å². The molecule has 2 atom stereocenters.